The van der Waals surface area contributed by atoms with Crippen LogP contribution in [0.25, 0.3) is 0 Å². The molecule has 2 atom stereocenters. The van der Waals surface area contributed by atoms with Crippen LogP contribution in [0.1, 0.15) is 54.4 Å². The summed E-state index contributed by atoms with van der Waals surface area (Å²) in [7, 11) is 0. The number of ether oxygens (including phenoxy) is 2. The first-order valence-electron chi connectivity index (χ1n) is 7.97. The zero-order chi connectivity index (χ0) is 19.8. The highest BCUT2D eigenvalue weighted by molar-refractivity contribution is 5.69. The number of alkyl carbamates (subject to hydrolysis) is 2. The SMILES string of the molecule is C#CC(CCC(NC(=O)OC(C)(C)C)C(F)F)NC(=O)OC(C)(C)C. The van der Waals surface area contributed by atoms with Gasteiger partial charge in [0.15, 0.2) is 0 Å². The smallest absolute Gasteiger partial charge is 0.408 e. The molecular weight excluding hydrogens is 334 g/mol. The summed E-state index contributed by atoms with van der Waals surface area (Å²) >= 11 is 0. The molecule has 2 N–H and O–H groups in total. The normalized spacial score (nSPS) is 14.2. The molecule has 2 amide bonds. The van der Waals surface area contributed by atoms with Crippen LogP contribution in [-0.2, 0) is 9.47 Å². The van der Waals surface area contributed by atoms with Gasteiger partial charge in [-0.2, -0.15) is 0 Å². The van der Waals surface area contributed by atoms with E-state index in [9.17, 15) is 18.4 Å². The molecule has 0 aromatic rings. The Bertz CT molecular complexity index is 490. The summed E-state index contributed by atoms with van der Waals surface area (Å²) in [6.45, 7) is 9.95. The van der Waals surface area contributed by atoms with Crippen LogP contribution in [0.15, 0.2) is 0 Å². The topological polar surface area (TPSA) is 76.7 Å². The molecule has 0 aliphatic heterocycles. The number of carbonyl (C=O) groups is 2. The molecule has 144 valence electrons. The highest BCUT2D eigenvalue weighted by Gasteiger charge is 2.27. The predicted molar refractivity (Wildman–Crippen MR) is 90.4 cm³/mol. The predicted octanol–water partition coefficient (Wildman–Crippen LogP) is 3.45. The molecule has 8 heteroatoms. The zero-order valence-corrected chi connectivity index (χ0v) is 15.6. The van der Waals surface area contributed by atoms with Crippen LogP contribution in [0.4, 0.5) is 18.4 Å². The van der Waals surface area contributed by atoms with Gasteiger partial charge in [0.1, 0.15) is 11.2 Å². The van der Waals surface area contributed by atoms with Gasteiger partial charge in [-0.15, -0.1) is 6.42 Å². The van der Waals surface area contributed by atoms with Crippen molar-refractivity contribution in [1.82, 2.24) is 10.6 Å². The lowest BCUT2D eigenvalue weighted by Gasteiger charge is -2.24. The third-order valence-corrected chi connectivity index (χ3v) is 2.66. The molecule has 0 radical (unpaired) electrons. The number of nitrogens with one attached hydrogen (secondary N) is 2. The van der Waals surface area contributed by atoms with Crippen molar-refractivity contribution in [2.24, 2.45) is 0 Å². The van der Waals surface area contributed by atoms with Crippen LogP contribution in [0.2, 0.25) is 0 Å². The van der Waals surface area contributed by atoms with E-state index >= 15 is 0 Å². The van der Waals surface area contributed by atoms with Gasteiger partial charge in [-0.1, -0.05) is 5.92 Å². The summed E-state index contributed by atoms with van der Waals surface area (Å²) in [6.07, 6.45) is 0.751. The molecule has 0 bridgehead atoms. The van der Waals surface area contributed by atoms with E-state index in [4.69, 9.17) is 15.9 Å². The Morgan fingerprint density at radius 2 is 1.40 bits per heavy atom. The van der Waals surface area contributed by atoms with E-state index in [1.165, 1.54) is 0 Å². The lowest BCUT2D eigenvalue weighted by atomic mass is 10.1. The van der Waals surface area contributed by atoms with Crippen LogP contribution >= 0.6 is 0 Å². The monoisotopic (exact) mass is 362 g/mol. The maximum atomic E-state index is 13.1. The third kappa shape index (κ3) is 12.0. The molecular formula is C17H28F2N2O4. The molecule has 0 fully saturated rings. The molecule has 0 heterocycles. The Morgan fingerprint density at radius 1 is 0.960 bits per heavy atom. The van der Waals surface area contributed by atoms with E-state index < -0.39 is 41.9 Å². The van der Waals surface area contributed by atoms with E-state index in [-0.39, 0.29) is 12.8 Å². The number of halogens is 2. The van der Waals surface area contributed by atoms with Crippen molar-refractivity contribution in [3.8, 4) is 12.3 Å². The van der Waals surface area contributed by atoms with Gasteiger partial charge in [0.25, 0.3) is 6.43 Å². The summed E-state index contributed by atoms with van der Waals surface area (Å²) in [5.74, 6) is 2.30. The minimum atomic E-state index is -2.80. The molecule has 0 aliphatic carbocycles. The average molecular weight is 362 g/mol. The van der Waals surface area contributed by atoms with Crippen LogP contribution in [0.3, 0.4) is 0 Å². The van der Waals surface area contributed by atoms with Gasteiger partial charge in [-0.3, -0.25) is 0 Å². The van der Waals surface area contributed by atoms with Crippen LogP contribution < -0.4 is 10.6 Å². The van der Waals surface area contributed by atoms with Gasteiger partial charge in [0.2, 0.25) is 0 Å². The Morgan fingerprint density at radius 3 is 1.76 bits per heavy atom. The van der Waals surface area contributed by atoms with Gasteiger partial charge >= 0.3 is 12.2 Å². The van der Waals surface area contributed by atoms with E-state index in [2.05, 4.69) is 16.6 Å². The Balaban J connectivity index is 4.60. The first-order chi connectivity index (χ1) is 11.2. The highest BCUT2D eigenvalue weighted by Crippen LogP contribution is 2.13. The van der Waals surface area contributed by atoms with Crippen molar-refractivity contribution in [3.05, 3.63) is 0 Å². The second-order valence-corrected chi connectivity index (χ2v) is 7.53. The summed E-state index contributed by atoms with van der Waals surface area (Å²) in [5.41, 5.74) is -1.50. The van der Waals surface area contributed by atoms with Gasteiger partial charge in [0, 0.05) is 0 Å². The molecule has 6 nitrogen and oxygen atoms in total. The first kappa shape index (κ1) is 23.0. The first-order valence-corrected chi connectivity index (χ1v) is 7.97. The largest absolute Gasteiger partial charge is 0.444 e. The number of carbonyl (C=O) groups excluding carboxylic acids is 2. The number of alkyl halides is 2. The van der Waals surface area contributed by atoms with E-state index in [0.717, 1.165) is 0 Å². The fourth-order valence-electron chi connectivity index (χ4n) is 1.71. The van der Waals surface area contributed by atoms with Crippen LogP contribution in [-0.4, -0.2) is 41.9 Å². The van der Waals surface area contributed by atoms with Gasteiger partial charge in [-0.25, -0.2) is 18.4 Å². The summed E-state index contributed by atoms with van der Waals surface area (Å²) in [4.78, 5) is 23.3. The van der Waals surface area contributed by atoms with Crippen molar-refractivity contribution < 1.29 is 27.8 Å². The number of hydrogen-bond acceptors (Lipinski definition) is 4. The minimum Gasteiger partial charge on any atom is -0.444 e. The highest BCUT2D eigenvalue weighted by atomic mass is 19.3. The van der Waals surface area contributed by atoms with Crippen molar-refractivity contribution >= 4 is 12.2 Å². The van der Waals surface area contributed by atoms with Gasteiger partial charge < -0.3 is 20.1 Å². The summed E-state index contributed by atoms with van der Waals surface area (Å²) < 4.78 is 36.2. The second kappa shape index (κ2) is 9.44. The van der Waals surface area contributed by atoms with Crippen LogP contribution in [0.5, 0.6) is 0 Å². The molecule has 0 saturated carbocycles. The van der Waals surface area contributed by atoms with Crippen LogP contribution in [0, 0.1) is 12.3 Å². The molecule has 0 aromatic heterocycles. The standard InChI is InChI=1S/C17H28F2N2O4/c1-8-11(20-14(22)24-16(2,3)4)9-10-12(13(18)19)21-15(23)25-17(5,6)7/h1,11-13H,9-10H2,2-7H3,(H,20,22)(H,21,23). The molecule has 0 rings (SSSR count). The third-order valence-electron chi connectivity index (χ3n) is 2.66. The second-order valence-electron chi connectivity index (χ2n) is 7.53. The number of hydrogen-bond donors (Lipinski definition) is 2. The summed E-state index contributed by atoms with van der Waals surface area (Å²) in [5, 5.41) is 4.54. The molecule has 0 aliphatic rings. The molecule has 0 aromatic carbocycles. The molecule has 0 saturated heterocycles. The lowest BCUT2D eigenvalue weighted by Crippen LogP contribution is -2.44. The van der Waals surface area contributed by atoms with E-state index in [1.54, 1.807) is 41.5 Å². The van der Waals surface area contributed by atoms with E-state index in [1.807, 2.05) is 0 Å². The quantitative estimate of drug-likeness (QED) is 0.710. The average Bonchev–Trinajstić information content (AvgIpc) is 2.37. The Hall–Kier alpha value is -2.04. The van der Waals surface area contributed by atoms with Crippen molar-refractivity contribution in [2.75, 3.05) is 0 Å². The Kier molecular flexibility index (Phi) is 8.67. The van der Waals surface area contributed by atoms with Gasteiger partial charge in [-0.05, 0) is 54.4 Å². The number of terminal acetylenes is 1. The van der Waals surface area contributed by atoms with Crippen molar-refractivity contribution in [3.63, 3.8) is 0 Å². The minimum absolute atomic E-state index is 0.0422. The number of rotatable bonds is 6. The molecule has 0 spiro atoms. The Labute approximate surface area is 148 Å². The van der Waals surface area contributed by atoms with E-state index in [0.29, 0.717) is 0 Å². The fourth-order valence-corrected chi connectivity index (χ4v) is 1.71. The maximum absolute atomic E-state index is 13.1. The van der Waals surface area contributed by atoms with Crippen molar-refractivity contribution in [2.45, 2.75) is 84.1 Å². The zero-order valence-electron chi connectivity index (χ0n) is 15.6. The fraction of sp³-hybridized carbons (Fsp3) is 0.765. The number of amides is 2. The van der Waals surface area contributed by atoms with Crippen molar-refractivity contribution in [1.29, 1.82) is 0 Å². The van der Waals surface area contributed by atoms with Gasteiger partial charge in [0.05, 0.1) is 12.1 Å². The lowest BCUT2D eigenvalue weighted by molar-refractivity contribution is 0.0353. The molecule has 2 unspecified atom stereocenters. The maximum Gasteiger partial charge on any atom is 0.408 e. The molecule has 25 heavy (non-hydrogen) atoms. The summed E-state index contributed by atoms with van der Waals surface area (Å²) in [6, 6.07) is -2.23.